The molecule has 1 aliphatic rings. The zero-order valence-corrected chi connectivity index (χ0v) is 17.0. The Kier molecular flexibility index (Phi) is 6.20. The van der Waals surface area contributed by atoms with Crippen molar-refractivity contribution in [3.8, 4) is 0 Å². The molecule has 1 heterocycles. The summed E-state index contributed by atoms with van der Waals surface area (Å²) in [6, 6.07) is 11.4. The summed E-state index contributed by atoms with van der Waals surface area (Å²) in [4.78, 5) is 2.02. The maximum absolute atomic E-state index is 13.2. The van der Waals surface area contributed by atoms with Crippen molar-refractivity contribution >= 4 is 35.1 Å². The fourth-order valence-electron chi connectivity index (χ4n) is 2.54. The van der Waals surface area contributed by atoms with E-state index in [2.05, 4.69) is 21.9 Å². The molecule has 1 aliphatic heterocycles. The molecule has 28 heavy (non-hydrogen) atoms. The number of halogens is 3. The molecular weight excluding hydrogens is 403 g/mol. The van der Waals surface area contributed by atoms with E-state index in [4.69, 9.17) is 0 Å². The SMILES string of the molecule is C=C(NC1NC=C(C)S1)c1ccc(C(F)(F)F)cc1NSc1ccc(C)cc1. The number of hydrogen-bond donors (Lipinski definition) is 3. The summed E-state index contributed by atoms with van der Waals surface area (Å²) < 4.78 is 42.6. The number of thioether (sulfide) groups is 1. The molecule has 2 aromatic carbocycles. The van der Waals surface area contributed by atoms with Crippen molar-refractivity contribution in [2.45, 2.75) is 30.4 Å². The molecule has 0 saturated heterocycles. The van der Waals surface area contributed by atoms with Crippen LogP contribution in [0.15, 0.2) is 65.0 Å². The van der Waals surface area contributed by atoms with Crippen LogP contribution in [0.3, 0.4) is 0 Å². The number of nitrogens with one attached hydrogen (secondary N) is 3. The van der Waals surface area contributed by atoms with Crippen molar-refractivity contribution in [2.75, 3.05) is 4.72 Å². The predicted molar refractivity (Wildman–Crippen MR) is 113 cm³/mol. The van der Waals surface area contributed by atoms with Gasteiger partial charge in [-0.05, 0) is 50.1 Å². The summed E-state index contributed by atoms with van der Waals surface area (Å²) in [5.41, 5.74) is 1.78. The lowest BCUT2D eigenvalue weighted by Gasteiger charge is -2.20. The van der Waals surface area contributed by atoms with Gasteiger partial charge in [-0.1, -0.05) is 42.1 Å². The van der Waals surface area contributed by atoms with E-state index in [1.54, 1.807) is 11.8 Å². The Bertz CT molecular complexity index is 893. The van der Waals surface area contributed by atoms with E-state index in [0.717, 1.165) is 27.5 Å². The van der Waals surface area contributed by atoms with Crippen LogP contribution in [0.2, 0.25) is 0 Å². The first-order valence-electron chi connectivity index (χ1n) is 8.48. The maximum atomic E-state index is 13.2. The number of hydrogen-bond acceptors (Lipinski definition) is 5. The van der Waals surface area contributed by atoms with Crippen LogP contribution in [-0.4, -0.2) is 5.50 Å². The van der Waals surface area contributed by atoms with Gasteiger partial charge in [0.05, 0.1) is 11.3 Å². The minimum Gasteiger partial charge on any atom is -0.362 e. The van der Waals surface area contributed by atoms with Crippen molar-refractivity contribution < 1.29 is 13.2 Å². The minimum absolute atomic E-state index is 0.104. The molecule has 148 valence electrons. The summed E-state index contributed by atoms with van der Waals surface area (Å²) in [5.74, 6) is 0. The number of benzene rings is 2. The highest BCUT2D eigenvalue weighted by Crippen LogP contribution is 2.36. The molecule has 0 spiro atoms. The van der Waals surface area contributed by atoms with E-state index in [0.29, 0.717) is 16.9 Å². The van der Waals surface area contributed by atoms with Crippen LogP contribution in [0.25, 0.3) is 5.70 Å². The van der Waals surface area contributed by atoms with E-state index < -0.39 is 11.7 Å². The Morgan fingerprint density at radius 3 is 2.46 bits per heavy atom. The molecule has 0 aliphatic carbocycles. The molecule has 0 radical (unpaired) electrons. The van der Waals surface area contributed by atoms with Crippen LogP contribution in [0.5, 0.6) is 0 Å². The molecule has 2 aromatic rings. The lowest BCUT2D eigenvalue weighted by molar-refractivity contribution is -0.137. The van der Waals surface area contributed by atoms with Gasteiger partial charge in [-0.25, -0.2) is 0 Å². The Balaban J connectivity index is 1.81. The van der Waals surface area contributed by atoms with Crippen molar-refractivity contribution in [2.24, 2.45) is 0 Å². The zero-order chi connectivity index (χ0) is 20.3. The van der Waals surface area contributed by atoms with Crippen molar-refractivity contribution in [1.82, 2.24) is 10.6 Å². The van der Waals surface area contributed by atoms with Gasteiger partial charge in [-0.2, -0.15) is 13.2 Å². The van der Waals surface area contributed by atoms with Gasteiger partial charge in [0.15, 0.2) is 0 Å². The van der Waals surface area contributed by atoms with Gasteiger partial charge >= 0.3 is 6.18 Å². The second kappa shape index (κ2) is 8.45. The lowest BCUT2D eigenvalue weighted by Crippen LogP contribution is -2.32. The van der Waals surface area contributed by atoms with Gasteiger partial charge in [0, 0.05) is 27.3 Å². The molecule has 3 nitrogen and oxygen atoms in total. The monoisotopic (exact) mass is 423 g/mol. The molecule has 0 fully saturated rings. The van der Waals surface area contributed by atoms with Crippen LogP contribution in [0.1, 0.15) is 23.6 Å². The molecule has 8 heteroatoms. The third-order valence-electron chi connectivity index (χ3n) is 4.02. The first kappa shape index (κ1) is 20.5. The maximum Gasteiger partial charge on any atom is 0.416 e. The van der Waals surface area contributed by atoms with Crippen molar-refractivity contribution in [1.29, 1.82) is 0 Å². The first-order valence-corrected chi connectivity index (χ1v) is 10.2. The highest BCUT2D eigenvalue weighted by molar-refractivity contribution is 8.03. The number of anilines is 1. The average Bonchev–Trinajstić information content (AvgIpc) is 3.05. The smallest absolute Gasteiger partial charge is 0.362 e. The Hall–Kier alpha value is -2.19. The van der Waals surface area contributed by atoms with Crippen molar-refractivity contribution in [3.05, 3.63) is 76.8 Å². The van der Waals surface area contributed by atoms with E-state index in [1.165, 1.54) is 18.0 Å². The highest BCUT2D eigenvalue weighted by Gasteiger charge is 2.31. The fraction of sp³-hybridized carbons (Fsp3) is 0.200. The largest absolute Gasteiger partial charge is 0.416 e. The summed E-state index contributed by atoms with van der Waals surface area (Å²) in [6.45, 7) is 7.97. The second-order valence-electron chi connectivity index (χ2n) is 6.32. The first-order chi connectivity index (χ1) is 13.2. The number of allylic oxidation sites excluding steroid dienone is 1. The lowest BCUT2D eigenvalue weighted by atomic mass is 10.1. The fourth-order valence-corrected chi connectivity index (χ4v) is 4.06. The summed E-state index contributed by atoms with van der Waals surface area (Å²) in [7, 11) is 0. The molecule has 1 unspecified atom stereocenters. The second-order valence-corrected chi connectivity index (χ2v) is 8.55. The van der Waals surface area contributed by atoms with E-state index in [9.17, 15) is 13.2 Å². The molecule has 0 bridgehead atoms. The number of rotatable bonds is 6. The predicted octanol–water partition coefficient (Wildman–Crippen LogP) is 6.17. The Labute approximate surface area is 171 Å². The standard InChI is InChI=1S/C20H20F3N3S2/c1-12-4-7-16(8-5-12)28-26-18-10-15(20(21,22)23)6-9-17(18)14(3)25-19-24-11-13(2)27-19/h4-11,19,24-26H,3H2,1-2H3. The zero-order valence-electron chi connectivity index (χ0n) is 15.4. The van der Waals surface area contributed by atoms with Crippen LogP contribution in [0.4, 0.5) is 18.9 Å². The Morgan fingerprint density at radius 2 is 1.86 bits per heavy atom. The van der Waals surface area contributed by atoms with Crippen LogP contribution >= 0.6 is 23.7 Å². The van der Waals surface area contributed by atoms with Gasteiger partial charge in [0.2, 0.25) is 0 Å². The summed E-state index contributed by atoms with van der Waals surface area (Å²) in [5, 5.41) is 6.35. The molecule has 0 saturated carbocycles. The normalized spacial score (nSPS) is 16.3. The third kappa shape index (κ3) is 5.20. The molecule has 3 N–H and O–H groups in total. The van der Waals surface area contributed by atoms with E-state index in [1.807, 2.05) is 44.3 Å². The summed E-state index contributed by atoms with van der Waals surface area (Å²) in [6.07, 6.45) is -2.53. The van der Waals surface area contributed by atoms with Gasteiger partial charge in [-0.15, -0.1) is 0 Å². The Morgan fingerprint density at radius 1 is 1.14 bits per heavy atom. The van der Waals surface area contributed by atoms with Crippen LogP contribution in [0, 0.1) is 6.92 Å². The van der Waals surface area contributed by atoms with Crippen LogP contribution < -0.4 is 15.4 Å². The summed E-state index contributed by atoms with van der Waals surface area (Å²) >= 11 is 2.84. The van der Waals surface area contributed by atoms with Crippen LogP contribution in [-0.2, 0) is 6.18 Å². The number of aryl methyl sites for hydroxylation is 1. The quantitative estimate of drug-likeness (QED) is 0.484. The van der Waals surface area contributed by atoms with Gasteiger partial charge in [-0.3, -0.25) is 0 Å². The third-order valence-corrected chi connectivity index (χ3v) is 5.83. The van der Waals surface area contributed by atoms with Gasteiger partial charge in [0.25, 0.3) is 0 Å². The van der Waals surface area contributed by atoms with Crippen molar-refractivity contribution in [3.63, 3.8) is 0 Å². The molecule has 1 atom stereocenters. The van der Waals surface area contributed by atoms with Gasteiger partial charge in [0.1, 0.15) is 5.50 Å². The van der Waals surface area contributed by atoms with Gasteiger partial charge < -0.3 is 15.4 Å². The van der Waals surface area contributed by atoms with E-state index >= 15 is 0 Å². The van der Waals surface area contributed by atoms with E-state index in [-0.39, 0.29) is 5.50 Å². The topological polar surface area (TPSA) is 36.1 Å². The molecule has 3 rings (SSSR count). The molecule has 0 aromatic heterocycles. The molecular formula is C20H20F3N3S2. The highest BCUT2D eigenvalue weighted by atomic mass is 32.2. The minimum atomic E-state index is -4.41. The number of alkyl halides is 3. The molecule has 0 amide bonds. The average molecular weight is 424 g/mol.